The first kappa shape index (κ1) is 23.8. The van der Waals surface area contributed by atoms with Gasteiger partial charge in [-0.05, 0) is 76.5 Å². The molecule has 0 bridgehead atoms. The highest BCUT2D eigenvalue weighted by atomic mass is 16.5. The number of ether oxygens (including phenoxy) is 2. The maximum absolute atomic E-state index is 12.7. The third-order valence-corrected chi connectivity index (χ3v) is 8.29. The summed E-state index contributed by atoms with van der Waals surface area (Å²) in [6.07, 6.45) is 7.51. The third-order valence-electron chi connectivity index (χ3n) is 8.29. The Morgan fingerprint density at radius 3 is 2.51 bits per heavy atom. The minimum Gasteiger partial charge on any atom is -0.481 e. The maximum Gasteiger partial charge on any atom is 0.414 e. The van der Waals surface area contributed by atoms with Crippen LogP contribution >= 0.6 is 0 Å². The van der Waals surface area contributed by atoms with Crippen molar-refractivity contribution >= 4 is 28.8 Å². The van der Waals surface area contributed by atoms with E-state index in [-0.39, 0.29) is 24.1 Å². The summed E-state index contributed by atoms with van der Waals surface area (Å²) in [5.41, 5.74) is 3.24. The van der Waals surface area contributed by atoms with Gasteiger partial charge in [-0.15, -0.1) is 0 Å². The van der Waals surface area contributed by atoms with Crippen LogP contribution in [0, 0.1) is 5.92 Å². The standard InChI is InChI=1S/C28H32N4O5/c1-17-6-11-20-21(31(17)27(35)36-2)12-13-22-24(20)30-26(28(14-15-28)37-23-5-3-4-16-29-23)32(22)19-9-7-18(8-10-19)25(33)34/h3-5,12-13,16-19H,6-11,14-15H2,1-2H3,(H,33,34)/t17-,18?,19?/m0/s1. The Balaban J connectivity index is 1.48. The molecule has 0 radical (unpaired) electrons. The van der Waals surface area contributed by atoms with Crippen LogP contribution in [0.15, 0.2) is 36.5 Å². The second-order valence-electron chi connectivity index (χ2n) is 10.6. The molecule has 1 N–H and O–H groups in total. The Morgan fingerprint density at radius 1 is 1.08 bits per heavy atom. The number of pyridine rings is 1. The summed E-state index contributed by atoms with van der Waals surface area (Å²) >= 11 is 0. The van der Waals surface area contributed by atoms with Gasteiger partial charge in [-0.3, -0.25) is 9.69 Å². The zero-order valence-electron chi connectivity index (χ0n) is 21.2. The molecular formula is C28H32N4O5. The fourth-order valence-corrected chi connectivity index (χ4v) is 6.14. The van der Waals surface area contributed by atoms with E-state index in [1.807, 2.05) is 31.2 Å². The second kappa shape index (κ2) is 9.04. The molecule has 37 heavy (non-hydrogen) atoms. The number of anilines is 1. The smallest absolute Gasteiger partial charge is 0.414 e. The van der Waals surface area contributed by atoms with Crippen LogP contribution in [-0.4, -0.2) is 44.9 Å². The van der Waals surface area contributed by atoms with Crippen molar-refractivity contribution in [3.05, 3.63) is 47.9 Å². The summed E-state index contributed by atoms with van der Waals surface area (Å²) in [5.74, 6) is 0.443. The zero-order chi connectivity index (χ0) is 25.7. The molecule has 0 saturated heterocycles. The Morgan fingerprint density at radius 2 is 1.86 bits per heavy atom. The molecule has 6 rings (SSSR count). The molecule has 2 saturated carbocycles. The second-order valence-corrected chi connectivity index (χ2v) is 10.6. The van der Waals surface area contributed by atoms with Gasteiger partial charge in [0.05, 0.1) is 29.7 Å². The molecule has 2 fully saturated rings. The van der Waals surface area contributed by atoms with E-state index in [2.05, 4.69) is 15.6 Å². The minimum atomic E-state index is -0.711. The molecule has 3 heterocycles. The number of rotatable bonds is 5. The molecule has 1 atom stereocenters. The van der Waals surface area contributed by atoms with Gasteiger partial charge < -0.3 is 19.1 Å². The molecule has 2 aliphatic carbocycles. The number of nitrogens with zero attached hydrogens (tertiary/aromatic N) is 4. The van der Waals surface area contributed by atoms with E-state index < -0.39 is 11.6 Å². The fourth-order valence-electron chi connectivity index (χ4n) is 6.14. The van der Waals surface area contributed by atoms with Gasteiger partial charge in [-0.2, -0.15) is 0 Å². The molecule has 3 aliphatic rings. The Hall–Kier alpha value is -3.62. The summed E-state index contributed by atoms with van der Waals surface area (Å²) in [5, 5.41) is 9.54. The number of fused-ring (bicyclic) bond motifs is 3. The summed E-state index contributed by atoms with van der Waals surface area (Å²) < 4.78 is 13.9. The van der Waals surface area contributed by atoms with Crippen molar-refractivity contribution in [2.45, 2.75) is 76.0 Å². The Labute approximate surface area is 215 Å². The van der Waals surface area contributed by atoms with E-state index >= 15 is 0 Å². The van der Waals surface area contributed by atoms with Crippen LogP contribution in [0.3, 0.4) is 0 Å². The highest BCUT2D eigenvalue weighted by molar-refractivity contribution is 5.95. The Bertz CT molecular complexity index is 1340. The van der Waals surface area contributed by atoms with Crippen molar-refractivity contribution in [1.29, 1.82) is 0 Å². The number of hydrogen-bond acceptors (Lipinski definition) is 6. The minimum absolute atomic E-state index is 0.0347. The number of carboxylic acids is 1. The Kier molecular flexibility index (Phi) is 5.81. The lowest BCUT2D eigenvalue weighted by molar-refractivity contribution is -0.143. The quantitative estimate of drug-likeness (QED) is 0.507. The average molecular weight is 505 g/mol. The van der Waals surface area contributed by atoms with Crippen LogP contribution in [0.25, 0.3) is 11.0 Å². The zero-order valence-corrected chi connectivity index (χ0v) is 21.2. The number of carboxylic acid groups (broad SMARTS) is 1. The highest BCUT2D eigenvalue weighted by Crippen LogP contribution is 2.52. The predicted molar refractivity (Wildman–Crippen MR) is 137 cm³/mol. The molecule has 1 amide bonds. The van der Waals surface area contributed by atoms with Gasteiger partial charge in [-0.1, -0.05) is 6.07 Å². The third kappa shape index (κ3) is 4.01. The summed E-state index contributed by atoms with van der Waals surface area (Å²) in [6, 6.07) is 9.87. The number of benzene rings is 1. The van der Waals surface area contributed by atoms with Crippen LogP contribution in [0.4, 0.5) is 10.5 Å². The first-order chi connectivity index (χ1) is 17.9. The van der Waals surface area contributed by atoms with Crippen molar-refractivity contribution in [2.24, 2.45) is 5.92 Å². The largest absolute Gasteiger partial charge is 0.481 e. The first-order valence-electron chi connectivity index (χ1n) is 13.2. The van der Waals surface area contributed by atoms with E-state index in [1.54, 1.807) is 11.1 Å². The monoisotopic (exact) mass is 504 g/mol. The summed E-state index contributed by atoms with van der Waals surface area (Å²) in [4.78, 5) is 35.6. The van der Waals surface area contributed by atoms with Crippen molar-refractivity contribution < 1.29 is 24.2 Å². The SMILES string of the molecule is COC(=O)N1c2ccc3c(nc(C4(Oc5ccccn5)CC4)n3C3CCC(C(=O)O)CC3)c2CC[C@@H]1C. The number of amides is 1. The van der Waals surface area contributed by atoms with Gasteiger partial charge >= 0.3 is 12.1 Å². The maximum atomic E-state index is 12.7. The lowest BCUT2D eigenvalue weighted by atomic mass is 9.85. The summed E-state index contributed by atoms with van der Waals surface area (Å²) in [6.45, 7) is 2.04. The summed E-state index contributed by atoms with van der Waals surface area (Å²) in [7, 11) is 1.41. The molecule has 0 unspecified atom stereocenters. The fraction of sp³-hybridized carbons (Fsp3) is 0.500. The molecular weight excluding hydrogens is 472 g/mol. The number of methoxy groups -OCH3 is 1. The van der Waals surface area contributed by atoms with Crippen LogP contribution < -0.4 is 9.64 Å². The van der Waals surface area contributed by atoms with Gasteiger partial charge in [0, 0.05) is 29.9 Å². The molecule has 194 valence electrons. The van der Waals surface area contributed by atoms with Crippen molar-refractivity contribution in [3.8, 4) is 5.88 Å². The number of carbonyl (C=O) groups is 2. The number of aryl methyl sites for hydroxylation is 1. The first-order valence-corrected chi connectivity index (χ1v) is 13.2. The highest BCUT2D eigenvalue weighted by Gasteiger charge is 2.53. The van der Waals surface area contributed by atoms with Crippen LogP contribution in [-0.2, 0) is 21.6 Å². The average Bonchev–Trinajstić information content (AvgIpc) is 3.58. The van der Waals surface area contributed by atoms with Crippen LogP contribution in [0.2, 0.25) is 0 Å². The molecule has 1 aliphatic heterocycles. The van der Waals surface area contributed by atoms with Gasteiger partial charge in [0.25, 0.3) is 0 Å². The molecule has 1 aromatic carbocycles. The van der Waals surface area contributed by atoms with Gasteiger partial charge in [0.2, 0.25) is 5.88 Å². The van der Waals surface area contributed by atoms with Gasteiger partial charge in [0.1, 0.15) is 0 Å². The van der Waals surface area contributed by atoms with E-state index in [0.717, 1.165) is 66.6 Å². The molecule has 0 spiro atoms. The number of imidazole rings is 1. The lowest BCUT2D eigenvalue weighted by Gasteiger charge is -2.34. The lowest BCUT2D eigenvalue weighted by Crippen LogP contribution is -2.42. The molecule has 9 nitrogen and oxygen atoms in total. The number of aliphatic carboxylic acids is 1. The van der Waals surface area contributed by atoms with E-state index in [9.17, 15) is 14.7 Å². The van der Waals surface area contributed by atoms with Crippen LogP contribution in [0.1, 0.15) is 69.3 Å². The molecule has 3 aromatic rings. The number of hydrogen-bond donors (Lipinski definition) is 1. The molecule has 9 heteroatoms. The van der Waals surface area contributed by atoms with E-state index in [1.165, 1.54) is 7.11 Å². The van der Waals surface area contributed by atoms with Crippen molar-refractivity contribution in [2.75, 3.05) is 12.0 Å². The normalized spacial score (nSPS) is 24.4. The van der Waals surface area contributed by atoms with Gasteiger partial charge in [0.15, 0.2) is 11.4 Å². The van der Waals surface area contributed by atoms with E-state index in [4.69, 9.17) is 14.5 Å². The number of carbonyl (C=O) groups excluding carboxylic acids is 1. The molecule has 2 aromatic heterocycles. The topological polar surface area (TPSA) is 107 Å². The van der Waals surface area contributed by atoms with Crippen LogP contribution in [0.5, 0.6) is 5.88 Å². The van der Waals surface area contributed by atoms with Crippen molar-refractivity contribution in [3.63, 3.8) is 0 Å². The van der Waals surface area contributed by atoms with E-state index in [0.29, 0.717) is 18.7 Å². The predicted octanol–water partition coefficient (Wildman–Crippen LogP) is 5.22. The van der Waals surface area contributed by atoms with Gasteiger partial charge in [-0.25, -0.2) is 14.8 Å². The van der Waals surface area contributed by atoms with Crippen molar-refractivity contribution in [1.82, 2.24) is 14.5 Å². The number of aromatic nitrogens is 3.